The summed E-state index contributed by atoms with van der Waals surface area (Å²) in [7, 11) is 0. The van der Waals surface area contributed by atoms with E-state index < -0.39 is 5.97 Å². The van der Waals surface area contributed by atoms with Crippen LogP contribution in [0.1, 0.15) is 56.1 Å². The Hall–Kier alpha value is -1.31. The third kappa shape index (κ3) is 3.59. The molecule has 1 fully saturated rings. The molecule has 0 aromatic heterocycles. The van der Waals surface area contributed by atoms with Gasteiger partial charge in [0, 0.05) is 0 Å². The molecule has 2 heteroatoms. The maximum absolute atomic E-state index is 11.2. The topological polar surface area (TPSA) is 37.3 Å². The fourth-order valence-corrected chi connectivity index (χ4v) is 2.90. The summed E-state index contributed by atoms with van der Waals surface area (Å²) in [6, 6.07) is 8.70. The molecule has 1 aromatic rings. The summed E-state index contributed by atoms with van der Waals surface area (Å²) in [6.45, 7) is 2.10. The Morgan fingerprint density at radius 3 is 2.37 bits per heavy atom. The number of carboxylic acids is 1. The van der Waals surface area contributed by atoms with Crippen molar-refractivity contribution in [3.63, 3.8) is 0 Å². The van der Waals surface area contributed by atoms with Gasteiger partial charge in [-0.1, -0.05) is 49.1 Å². The minimum absolute atomic E-state index is 0.357. The number of hydrogen-bond acceptors (Lipinski definition) is 1. The number of rotatable bonds is 7. The molecule has 0 spiro atoms. The number of hydrogen-bond donors (Lipinski definition) is 1. The van der Waals surface area contributed by atoms with Crippen molar-refractivity contribution < 1.29 is 9.90 Å². The highest BCUT2D eigenvalue weighted by Crippen LogP contribution is 2.45. The van der Waals surface area contributed by atoms with Crippen molar-refractivity contribution in [3.05, 3.63) is 35.4 Å². The number of benzene rings is 1. The first kappa shape index (κ1) is 14.1. The predicted molar refractivity (Wildman–Crippen MR) is 77.3 cm³/mol. The molecule has 0 aliphatic heterocycles. The minimum Gasteiger partial charge on any atom is -0.481 e. The molecule has 104 valence electrons. The summed E-state index contributed by atoms with van der Waals surface area (Å²) in [5.74, 6) is -0.572. The predicted octanol–water partition coefficient (Wildman–Crippen LogP) is 4.35. The Kier molecular flexibility index (Phi) is 4.62. The van der Waals surface area contributed by atoms with E-state index in [1.807, 2.05) is 0 Å². The zero-order chi connectivity index (χ0) is 13.7. The number of unbranched alkanes of at least 4 members (excludes halogenated alkanes) is 2. The molecule has 1 aliphatic rings. The van der Waals surface area contributed by atoms with E-state index in [0.29, 0.717) is 0 Å². The first-order valence-electron chi connectivity index (χ1n) is 7.41. The lowest BCUT2D eigenvalue weighted by Gasteiger charge is -2.37. The van der Waals surface area contributed by atoms with Crippen LogP contribution in [-0.2, 0) is 11.2 Å². The second-order valence-corrected chi connectivity index (χ2v) is 5.99. The molecule has 0 unspecified atom stereocenters. The number of aryl methyl sites for hydroxylation is 2. The van der Waals surface area contributed by atoms with Gasteiger partial charge in [-0.3, -0.25) is 4.79 Å². The summed E-state index contributed by atoms with van der Waals surface area (Å²) in [5.41, 5.74) is 2.34. The van der Waals surface area contributed by atoms with Gasteiger partial charge >= 0.3 is 5.97 Å². The first-order chi connectivity index (χ1) is 9.12. The summed E-state index contributed by atoms with van der Waals surface area (Å²) >= 11 is 0. The van der Waals surface area contributed by atoms with Crippen LogP contribution >= 0.6 is 0 Å². The van der Waals surface area contributed by atoms with E-state index >= 15 is 0 Å². The highest BCUT2D eigenvalue weighted by Gasteiger charge is 2.43. The average Bonchev–Trinajstić information content (AvgIpc) is 2.33. The van der Waals surface area contributed by atoms with Gasteiger partial charge in [-0.2, -0.15) is 0 Å². The van der Waals surface area contributed by atoms with Gasteiger partial charge in [0.15, 0.2) is 0 Å². The molecule has 19 heavy (non-hydrogen) atoms. The quantitative estimate of drug-likeness (QED) is 0.740. The largest absolute Gasteiger partial charge is 0.481 e. The highest BCUT2D eigenvalue weighted by atomic mass is 16.4. The Morgan fingerprint density at radius 1 is 1.16 bits per heavy atom. The van der Waals surface area contributed by atoms with Crippen molar-refractivity contribution in [2.75, 3.05) is 0 Å². The molecule has 0 amide bonds. The molecule has 1 aromatic carbocycles. The molecule has 1 saturated carbocycles. The molecule has 1 N–H and O–H groups in total. The molecular formula is C17H24O2. The van der Waals surface area contributed by atoms with E-state index in [1.165, 1.54) is 17.5 Å². The van der Waals surface area contributed by atoms with E-state index in [2.05, 4.69) is 31.2 Å². The third-order valence-electron chi connectivity index (χ3n) is 4.51. The fraction of sp³-hybridized carbons (Fsp3) is 0.588. The van der Waals surface area contributed by atoms with Crippen LogP contribution in [0.2, 0.25) is 0 Å². The van der Waals surface area contributed by atoms with Gasteiger partial charge in [-0.05, 0) is 44.6 Å². The van der Waals surface area contributed by atoms with Crippen molar-refractivity contribution in [1.82, 2.24) is 0 Å². The second-order valence-electron chi connectivity index (χ2n) is 5.99. The number of aliphatic carboxylic acids is 1. The first-order valence-corrected chi connectivity index (χ1v) is 7.41. The van der Waals surface area contributed by atoms with Crippen LogP contribution in [0.3, 0.4) is 0 Å². The van der Waals surface area contributed by atoms with Gasteiger partial charge in [0.25, 0.3) is 0 Å². The summed E-state index contributed by atoms with van der Waals surface area (Å²) in [4.78, 5) is 11.2. The normalized spacial score (nSPS) is 16.9. The van der Waals surface area contributed by atoms with Crippen molar-refractivity contribution in [2.24, 2.45) is 5.41 Å². The van der Waals surface area contributed by atoms with Crippen LogP contribution in [0.4, 0.5) is 0 Å². The highest BCUT2D eigenvalue weighted by molar-refractivity contribution is 5.75. The van der Waals surface area contributed by atoms with E-state index in [9.17, 15) is 9.90 Å². The standard InChI is InChI=1S/C17H24O2/c1-14-7-9-15(10-8-14)6-3-2-4-11-17(16(18)19)12-5-13-17/h7-10H,2-6,11-13H2,1H3,(H,18,19). The van der Waals surface area contributed by atoms with E-state index in [-0.39, 0.29) is 5.41 Å². The molecular weight excluding hydrogens is 236 g/mol. The lowest BCUT2D eigenvalue weighted by Crippen LogP contribution is -2.37. The van der Waals surface area contributed by atoms with Crippen molar-refractivity contribution in [1.29, 1.82) is 0 Å². The minimum atomic E-state index is -0.572. The van der Waals surface area contributed by atoms with Crippen LogP contribution in [0, 0.1) is 12.3 Å². The lowest BCUT2D eigenvalue weighted by atomic mass is 9.66. The molecule has 0 heterocycles. The monoisotopic (exact) mass is 260 g/mol. The Labute approximate surface area is 115 Å². The maximum Gasteiger partial charge on any atom is 0.309 e. The second kappa shape index (κ2) is 6.23. The number of carbonyl (C=O) groups is 1. The molecule has 2 rings (SSSR count). The van der Waals surface area contributed by atoms with Crippen molar-refractivity contribution in [2.45, 2.75) is 58.3 Å². The molecule has 0 bridgehead atoms. The van der Waals surface area contributed by atoms with Gasteiger partial charge in [0.2, 0.25) is 0 Å². The van der Waals surface area contributed by atoms with Crippen LogP contribution in [0.25, 0.3) is 0 Å². The van der Waals surface area contributed by atoms with Crippen LogP contribution in [0.5, 0.6) is 0 Å². The maximum atomic E-state index is 11.2. The summed E-state index contributed by atoms with van der Waals surface area (Å²) in [5, 5.41) is 9.24. The number of carboxylic acid groups (broad SMARTS) is 1. The average molecular weight is 260 g/mol. The molecule has 0 radical (unpaired) electrons. The Morgan fingerprint density at radius 2 is 1.84 bits per heavy atom. The van der Waals surface area contributed by atoms with Gasteiger partial charge in [-0.25, -0.2) is 0 Å². The molecule has 2 nitrogen and oxygen atoms in total. The molecule has 0 saturated heterocycles. The van der Waals surface area contributed by atoms with Crippen molar-refractivity contribution >= 4 is 5.97 Å². The third-order valence-corrected chi connectivity index (χ3v) is 4.51. The Balaban J connectivity index is 1.64. The molecule has 1 aliphatic carbocycles. The Bertz CT molecular complexity index is 415. The van der Waals surface area contributed by atoms with Crippen LogP contribution < -0.4 is 0 Å². The lowest BCUT2D eigenvalue weighted by molar-refractivity contribution is -0.155. The van der Waals surface area contributed by atoms with Crippen molar-refractivity contribution in [3.8, 4) is 0 Å². The van der Waals surface area contributed by atoms with Gasteiger partial charge < -0.3 is 5.11 Å². The SMILES string of the molecule is Cc1ccc(CCCCCC2(C(=O)O)CCC2)cc1. The summed E-state index contributed by atoms with van der Waals surface area (Å²) in [6.07, 6.45) is 8.21. The zero-order valence-corrected chi connectivity index (χ0v) is 11.8. The van der Waals surface area contributed by atoms with E-state index in [0.717, 1.165) is 44.9 Å². The van der Waals surface area contributed by atoms with Gasteiger partial charge in [0.1, 0.15) is 0 Å². The smallest absolute Gasteiger partial charge is 0.309 e. The van der Waals surface area contributed by atoms with Gasteiger partial charge in [-0.15, -0.1) is 0 Å². The zero-order valence-electron chi connectivity index (χ0n) is 11.8. The van der Waals surface area contributed by atoms with Crippen LogP contribution in [-0.4, -0.2) is 11.1 Å². The fourth-order valence-electron chi connectivity index (χ4n) is 2.90. The molecule has 0 atom stereocenters. The summed E-state index contributed by atoms with van der Waals surface area (Å²) < 4.78 is 0. The van der Waals surface area contributed by atoms with E-state index in [4.69, 9.17) is 0 Å². The van der Waals surface area contributed by atoms with Crippen LogP contribution in [0.15, 0.2) is 24.3 Å². The van der Waals surface area contributed by atoms with E-state index in [1.54, 1.807) is 0 Å². The van der Waals surface area contributed by atoms with Gasteiger partial charge in [0.05, 0.1) is 5.41 Å².